The van der Waals surface area contributed by atoms with Gasteiger partial charge < -0.3 is 15.7 Å². The van der Waals surface area contributed by atoms with E-state index in [-0.39, 0.29) is 25.0 Å². The van der Waals surface area contributed by atoms with Crippen LogP contribution in [0.5, 0.6) is 0 Å². The Morgan fingerprint density at radius 3 is 2.33 bits per heavy atom. The SMILES string of the molecule is Cc1ccc(C(=O)NCC(=O)Nc2ccc(CCO)cc2)cc1C. The molecule has 0 saturated carbocycles. The lowest BCUT2D eigenvalue weighted by molar-refractivity contribution is -0.115. The van der Waals surface area contributed by atoms with E-state index in [0.717, 1.165) is 16.7 Å². The van der Waals surface area contributed by atoms with Gasteiger partial charge in [0.1, 0.15) is 0 Å². The Morgan fingerprint density at radius 2 is 1.71 bits per heavy atom. The highest BCUT2D eigenvalue weighted by molar-refractivity contribution is 5.99. The summed E-state index contributed by atoms with van der Waals surface area (Å²) in [6.07, 6.45) is 0.584. The van der Waals surface area contributed by atoms with Gasteiger partial charge in [-0.05, 0) is 61.2 Å². The molecule has 5 nitrogen and oxygen atoms in total. The van der Waals surface area contributed by atoms with Gasteiger partial charge in [0, 0.05) is 17.9 Å². The summed E-state index contributed by atoms with van der Waals surface area (Å²) in [5, 5.41) is 14.2. The molecule has 0 radical (unpaired) electrons. The van der Waals surface area contributed by atoms with Gasteiger partial charge in [0.2, 0.25) is 5.91 Å². The number of amides is 2. The van der Waals surface area contributed by atoms with Crippen molar-refractivity contribution < 1.29 is 14.7 Å². The van der Waals surface area contributed by atoms with Gasteiger partial charge in [0.05, 0.1) is 6.54 Å². The molecule has 0 unspecified atom stereocenters. The lowest BCUT2D eigenvalue weighted by Gasteiger charge is -2.09. The van der Waals surface area contributed by atoms with Crippen LogP contribution < -0.4 is 10.6 Å². The Morgan fingerprint density at radius 1 is 1.00 bits per heavy atom. The Balaban J connectivity index is 1.86. The smallest absolute Gasteiger partial charge is 0.251 e. The van der Waals surface area contributed by atoms with E-state index >= 15 is 0 Å². The first-order valence-electron chi connectivity index (χ1n) is 7.84. The fourth-order valence-electron chi connectivity index (χ4n) is 2.23. The average Bonchev–Trinajstić information content (AvgIpc) is 2.57. The number of carbonyl (C=O) groups is 2. The second-order valence-corrected chi connectivity index (χ2v) is 5.70. The highest BCUT2D eigenvalue weighted by Gasteiger charge is 2.09. The van der Waals surface area contributed by atoms with Crippen LogP contribution in [0.2, 0.25) is 0 Å². The summed E-state index contributed by atoms with van der Waals surface area (Å²) in [5.41, 5.74) is 4.35. The number of aliphatic hydroxyl groups excluding tert-OH is 1. The maximum absolute atomic E-state index is 12.1. The van der Waals surface area contributed by atoms with Gasteiger partial charge in [-0.2, -0.15) is 0 Å². The van der Waals surface area contributed by atoms with Crippen LogP contribution in [0.1, 0.15) is 27.0 Å². The summed E-state index contributed by atoms with van der Waals surface area (Å²) in [5.74, 6) is -0.561. The van der Waals surface area contributed by atoms with E-state index in [1.165, 1.54) is 0 Å². The zero-order valence-electron chi connectivity index (χ0n) is 13.9. The van der Waals surface area contributed by atoms with Gasteiger partial charge in [-0.1, -0.05) is 18.2 Å². The van der Waals surface area contributed by atoms with Crippen LogP contribution >= 0.6 is 0 Å². The number of aryl methyl sites for hydroxylation is 2. The average molecular weight is 326 g/mol. The van der Waals surface area contributed by atoms with E-state index in [1.807, 2.05) is 38.1 Å². The third kappa shape index (κ3) is 4.93. The van der Waals surface area contributed by atoms with Crippen molar-refractivity contribution in [3.8, 4) is 0 Å². The van der Waals surface area contributed by atoms with E-state index < -0.39 is 0 Å². The molecule has 0 saturated heterocycles. The topological polar surface area (TPSA) is 78.4 Å². The molecular formula is C19H22N2O3. The summed E-state index contributed by atoms with van der Waals surface area (Å²) in [6.45, 7) is 3.93. The highest BCUT2D eigenvalue weighted by atomic mass is 16.3. The van der Waals surface area contributed by atoms with Crippen LogP contribution in [-0.4, -0.2) is 30.1 Å². The molecule has 0 spiro atoms. The minimum Gasteiger partial charge on any atom is -0.396 e. The Kier molecular flexibility index (Phi) is 6.09. The monoisotopic (exact) mass is 326 g/mol. The number of hydrogen-bond acceptors (Lipinski definition) is 3. The molecule has 5 heteroatoms. The first-order valence-corrected chi connectivity index (χ1v) is 7.84. The minimum atomic E-state index is -0.290. The van der Waals surface area contributed by atoms with Crippen LogP contribution in [0.3, 0.4) is 0 Å². The van der Waals surface area contributed by atoms with Gasteiger partial charge in [-0.25, -0.2) is 0 Å². The highest BCUT2D eigenvalue weighted by Crippen LogP contribution is 2.11. The number of benzene rings is 2. The molecular weight excluding hydrogens is 304 g/mol. The fourth-order valence-corrected chi connectivity index (χ4v) is 2.23. The second-order valence-electron chi connectivity index (χ2n) is 5.70. The number of hydrogen-bond donors (Lipinski definition) is 3. The van der Waals surface area contributed by atoms with E-state index in [9.17, 15) is 9.59 Å². The van der Waals surface area contributed by atoms with Gasteiger partial charge >= 0.3 is 0 Å². The molecule has 126 valence electrons. The van der Waals surface area contributed by atoms with E-state index in [2.05, 4.69) is 10.6 Å². The van der Waals surface area contributed by atoms with Gasteiger partial charge in [-0.15, -0.1) is 0 Å². The molecule has 2 amide bonds. The lowest BCUT2D eigenvalue weighted by Crippen LogP contribution is -2.32. The zero-order valence-corrected chi connectivity index (χ0v) is 13.9. The predicted octanol–water partition coefficient (Wildman–Crippen LogP) is 2.21. The third-order valence-electron chi connectivity index (χ3n) is 3.82. The van der Waals surface area contributed by atoms with Crippen molar-refractivity contribution in [3.05, 3.63) is 64.7 Å². The van der Waals surface area contributed by atoms with Crippen LogP contribution in [-0.2, 0) is 11.2 Å². The van der Waals surface area contributed by atoms with Crippen molar-refractivity contribution in [2.24, 2.45) is 0 Å². The molecule has 0 atom stereocenters. The van der Waals surface area contributed by atoms with Gasteiger partial charge in [-0.3, -0.25) is 9.59 Å². The number of nitrogens with one attached hydrogen (secondary N) is 2. The molecule has 24 heavy (non-hydrogen) atoms. The molecule has 0 aliphatic heterocycles. The Bertz CT molecular complexity index is 724. The molecule has 0 aliphatic rings. The number of rotatable bonds is 6. The maximum Gasteiger partial charge on any atom is 0.251 e. The third-order valence-corrected chi connectivity index (χ3v) is 3.82. The van der Waals surface area contributed by atoms with Gasteiger partial charge in [0.15, 0.2) is 0 Å². The van der Waals surface area contributed by atoms with Crippen LogP contribution in [0.4, 0.5) is 5.69 Å². The molecule has 3 N–H and O–H groups in total. The van der Waals surface area contributed by atoms with Crippen molar-refractivity contribution in [2.75, 3.05) is 18.5 Å². The first-order chi connectivity index (χ1) is 11.5. The summed E-state index contributed by atoms with van der Waals surface area (Å²) in [4.78, 5) is 24.0. The molecule has 2 aromatic rings. The number of anilines is 1. The zero-order chi connectivity index (χ0) is 17.5. The quantitative estimate of drug-likeness (QED) is 0.761. The maximum atomic E-state index is 12.1. The van der Waals surface area contributed by atoms with Crippen molar-refractivity contribution in [3.63, 3.8) is 0 Å². The number of carbonyl (C=O) groups excluding carboxylic acids is 2. The number of aliphatic hydroxyl groups is 1. The molecule has 0 aliphatic carbocycles. The van der Waals surface area contributed by atoms with Crippen molar-refractivity contribution in [1.82, 2.24) is 5.32 Å². The van der Waals surface area contributed by atoms with Crippen LogP contribution in [0.25, 0.3) is 0 Å². The van der Waals surface area contributed by atoms with Crippen LogP contribution in [0, 0.1) is 13.8 Å². The lowest BCUT2D eigenvalue weighted by atomic mass is 10.1. The molecule has 2 aromatic carbocycles. The Hall–Kier alpha value is -2.66. The van der Waals surface area contributed by atoms with Gasteiger partial charge in [0.25, 0.3) is 5.91 Å². The van der Waals surface area contributed by atoms with E-state index in [0.29, 0.717) is 17.7 Å². The Labute approximate surface area is 141 Å². The minimum absolute atomic E-state index is 0.0931. The summed E-state index contributed by atoms with van der Waals surface area (Å²) in [7, 11) is 0. The van der Waals surface area contributed by atoms with Crippen molar-refractivity contribution >= 4 is 17.5 Å². The normalized spacial score (nSPS) is 10.3. The molecule has 0 heterocycles. The fraction of sp³-hybridized carbons (Fsp3) is 0.263. The largest absolute Gasteiger partial charge is 0.396 e. The molecule has 0 fully saturated rings. The molecule has 0 bridgehead atoms. The molecule has 0 aromatic heterocycles. The van der Waals surface area contributed by atoms with Crippen molar-refractivity contribution in [2.45, 2.75) is 20.3 Å². The van der Waals surface area contributed by atoms with E-state index in [1.54, 1.807) is 18.2 Å². The van der Waals surface area contributed by atoms with Crippen LogP contribution in [0.15, 0.2) is 42.5 Å². The summed E-state index contributed by atoms with van der Waals surface area (Å²) in [6, 6.07) is 12.7. The second kappa shape index (κ2) is 8.26. The van der Waals surface area contributed by atoms with Crippen molar-refractivity contribution in [1.29, 1.82) is 0 Å². The van der Waals surface area contributed by atoms with E-state index in [4.69, 9.17) is 5.11 Å². The standard InChI is InChI=1S/C19H22N2O3/c1-13-3-6-16(11-14(13)2)19(24)20-12-18(23)21-17-7-4-15(5-8-17)9-10-22/h3-8,11,22H,9-10,12H2,1-2H3,(H,20,24)(H,21,23). The predicted molar refractivity (Wildman–Crippen MR) is 94.1 cm³/mol. The summed E-state index contributed by atoms with van der Waals surface area (Å²) < 4.78 is 0. The molecule has 2 rings (SSSR count). The first kappa shape index (κ1) is 17.7. The summed E-state index contributed by atoms with van der Waals surface area (Å²) >= 11 is 0.